The van der Waals surface area contributed by atoms with Crippen LogP contribution in [0.15, 0.2) is 24.3 Å². The number of anilines is 1. The summed E-state index contributed by atoms with van der Waals surface area (Å²) >= 11 is 0. The predicted molar refractivity (Wildman–Crippen MR) is 97.7 cm³/mol. The van der Waals surface area contributed by atoms with Crippen molar-refractivity contribution in [2.75, 3.05) is 11.9 Å². The molecule has 0 fully saturated rings. The van der Waals surface area contributed by atoms with Crippen LogP contribution in [0.25, 0.3) is 0 Å². The van der Waals surface area contributed by atoms with Crippen LogP contribution in [0.4, 0.5) is 5.69 Å². The Labute approximate surface area is 137 Å². The molecule has 0 bridgehead atoms. The van der Waals surface area contributed by atoms with Crippen LogP contribution in [0.5, 0.6) is 5.75 Å². The number of hydrogen-bond acceptors (Lipinski definition) is 2. The van der Waals surface area contributed by atoms with Gasteiger partial charge in [-0.1, -0.05) is 77.6 Å². The van der Waals surface area contributed by atoms with Crippen molar-refractivity contribution >= 4 is 5.69 Å². The van der Waals surface area contributed by atoms with Crippen LogP contribution >= 0.6 is 0 Å². The predicted octanol–water partition coefficient (Wildman–Crippen LogP) is 6.51. The van der Waals surface area contributed by atoms with E-state index in [-0.39, 0.29) is 0 Å². The van der Waals surface area contributed by atoms with Crippen molar-refractivity contribution in [3.05, 3.63) is 24.3 Å². The third-order valence-corrected chi connectivity index (χ3v) is 4.23. The largest absolute Gasteiger partial charge is 0.508 e. The standard InChI is InChI=1S/C20H35NO/c1-2-3-4-5-6-7-8-9-10-11-12-13-18-21-19-14-16-20(22)17-15-19/h14-17,21-22H,2-13,18H2,1H3. The number of hydrogen-bond donors (Lipinski definition) is 2. The third kappa shape index (κ3) is 10.5. The van der Waals surface area contributed by atoms with E-state index in [4.69, 9.17) is 0 Å². The van der Waals surface area contributed by atoms with Crippen LogP contribution in [0, 0.1) is 0 Å². The van der Waals surface area contributed by atoms with Gasteiger partial charge in [-0.3, -0.25) is 0 Å². The lowest BCUT2D eigenvalue weighted by Crippen LogP contribution is -2.00. The molecule has 0 spiro atoms. The van der Waals surface area contributed by atoms with E-state index in [0.29, 0.717) is 5.75 Å². The molecule has 2 N–H and O–H groups in total. The fraction of sp³-hybridized carbons (Fsp3) is 0.700. The van der Waals surface area contributed by atoms with Crippen molar-refractivity contribution in [1.29, 1.82) is 0 Å². The molecule has 0 aliphatic rings. The molecule has 0 saturated heterocycles. The van der Waals surface area contributed by atoms with Gasteiger partial charge in [0, 0.05) is 12.2 Å². The van der Waals surface area contributed by atoms with Gasteiger partial charge in [0.15, 0.2) is 0 Å². The van der Waals surface area contributed by atoms with Crippen LogP contribution in [0.2, 0.25) is 0 Å². The molecule has 0 saturated carbocycles. The minimum absolute atomic E-state index is 0.330. The number of rotatable bonds is 14. The summed E-state index contributed by atoms with van der Waals surface area (Å²) in [6, 6.07) is 7.31. The smallest absolute Gasteiger partial charge is 0.115 e. The number of aromatic hydroxyl groups is 1. The molecule has 0 radical (unpaired) electrons. The van der Waals surface area contributed by atoms with E-state index in [1.54, 1.807) is 12.1 Å². The molecule has 1 aromatic carbocycles. The number of phenols is 1. The van der Waals surface area contributed by atoms with Crippen LogP contribution in [0.1, 0.15) is 84.0 Å². The molecule has 22 heavy (non-hydrogen) atoms. The molecule has 0 aromatic heterocycles. The van der Waals surface area contributed by atoms with Crippen LogP contribution in [0.3, 0.4) is 0 Å². The first-order valence-electron chi connectivity index (χ1n) is 9.36. The molecule has 0 amide bonds. The van der Waals surface area contributed by atoms with E-state index in [1.165, 1.54) is 77.0 Å². The molecule has 0 aliphatic heterocycles. The normalized spacial score (nSPS) is 10.8. The van der Waals surface area contributed by atoms with Crippen molar-refractivity contribution in [2.24, 2.45) is 0 Å². The highest BCUT2D eigenvalue weighted by atomic mass is 16.3. The SMILES string of the molecule is CCCCCCCCCCCCCCNc1ccc(O)cc1. The van der Waals surface area contributed by atoms with Gasteiger partial charge in [-0.25, -0.2) is 0 Å². The molecule has 1 aromatic rings. The minimum atomic E-state index is 0.330. The van der Waals surface area contributed by atoms with E-state index in [9.17, 15) is 5.11 Å². The van der Waals surface area contributed by atoms with E-state index >= 15 is 0 Å². The summed E-state index contributed by atoms with van der Waals surface area (Å²) in [5.74, 6) is 0.330. The van der Waals surface area contributed by atoms with Gasteiger partial charge in [0.25, 0.3) is 0 Å². The fourth-order valence-electron chi connectivity index (χ4n) is 2.78. The number of unbranched alkanes of at least 4 members (excludes halogenated alkanes) is 11. The molecule has 126 valence electrons. The van der Waals surface area contributed by atoms with Crippen molar-refractivity contribution < 1.29 is 5.11 Å². The summed E-state index contributed by atoms with van der Waals surface area (Å²) in [5.41, 5.74) is 1.10. The number of phenolic OH excluding ortho intramolecular Hbond substituents is 1. The van der Waals surface area contributed by atoms with Crippen molar-refractivity contribution in [1.82, 2.24) is 0 Å². The van der Waals surface area contributed by atoms with Crippen molar-refractivity contribution in [3.8, 4) is 5.75 Å². The maximum atomic E-state index is 9.21. The Bertz CT molecular complexity index is 347. The van der Waals surface area contributed by atoms with E-state index < -0.39 is 0 Å². The first-order valence-corrected chi connectivity index (χ1v) is 9.36. The topological polar surface area (TPSA) is 32.3 Å². The van der Waals surface area contributed by atoms with Gasteiger partial charge in [-0.05, 0) is 30.7 Å². The average molecular weight is 306 g/mol. The van der Waals surface area contributed by atoms with Crippen LogP contribution in [-0.2, 0) is 0 Å². The lowest BCUT2D eigenvalue weighted by atomic mass is 10.1. The van der Waals surface area contributed by atoms with Gasteiger partial charge in [0.2, 0.25) is 0 Å². The average Bonchev–Trinajstić information content (AvgIpc) is 2.53. The van der Waals surface area contributed by atoms with Crippen LogP contribution < -0.4 is 5.32 Å². The monoisotopic (exact) mass is 305 g/mol. The zero-order valence-electron chi connectivity index (χ0n) is 14.4. The van der Waals surface area contributed by atoms with Gasteiger partial charge in [0.1, 0.15) is 5.75 Å². The molecule has 0 atom stereocenters. The summed E-state index contributed by atoms with van der Waals surface area (Å²) in [5, 5.41) is 12.6. The van der Waals surface area contributed by atoms with E-state index in [0.717, 1.165) is 12.2 Å². The molecule has 0 heterocycles. The summed E-state index contributed by atoms with van der Waals surface area (Å²) < 4.78 is 0. The maximum absolute atomic E-state index is 9.21. The molecule has 0 aliphatic carbocycles. The Hall–Kier alpha value is -1.18. The summed E-state index contributed by atoms with van der Waals surface area (Å²) in [4.78, 5) is 0. The minimum Gasteiger partial charge on any atom is -0.508 e. The summed E-state index contributed by atoms with van der Waals surface area (Å²) in [7, 11) is 0. The van der Waals surface area contributed by atoms with Crippen molar-refractivity contribution in [3.63, 3.8) is 0 Å². The lowest BCUT2D eigenvalue weighted by molar-refractivity contribution is 0.475. The molecular weight excluding hydrogens is 270 g/mol. The second-order valence-corrected chi connectivity index (χ2v) is 6.36. The lowest BCUT2D eigenvalue weighted by Gasteiger charge is -2.06. The van der Waals surface area contributed by atoms with Gasteiger partial charge in [-0.2, -0.15) is 0 Å². The van der Waals surface area contributed by atoms with Gasteiger partial charge >= 0.3 is 0 Å². The van der Waals surface area contributed by atoms with Crippen LogP contribution in [-0.4, -0.2) is 11.7 Å². The van der Waals surface area contributed by atoms with E-state index in [1.807, 2.05) is 12.1 Å². The zero-order valence-corrected chi connectivity index (χ0v) is 14.4. The van der Waals surface area contributed by atoms with Gasteiger partial charge < -0.3 is 10.4 Å². The quantitative estimate of drug-likeness (QED) is 0.303. The van der Waals surface area contributed by atoms with Gasteiger partial charge in [0.05, 0.1) is 0 Å². The molecule has 0 unspecified atom stereocenters. The fourth-order valence-corrected chi connectivity index (χ4v) is 2.78. The zero-order chi connectivity index (χ0) is 15.9. The van der Waals surface area contributed by atoms with Gasteiger partial charge in [-0.15, -0.1) is 0 Å². The molecular formula is C20H35NO. The third-order valence-electron chi connectivity index (χ3n) is 4.23. The first kappa shape index (κ1) is 18.9. The highest BCUT2D eigenvalue weighted by Gasteiger charge is 1.95. The number of nitrogens with one attached hydrogen (secondary N) is 1. The van der Waals surface area contributed by atoms with E-state index in [2.05, 4.69) is 12.2 Å². The Morgan fingerprint density at radius 1 is 0.682 bits per heavy atom. The number of benzene rings is 1. The Morgan fingerprint density at radius 3 is 1.64 bits per heavy atom. The Morgan fingerprint density at radius 2 is 1.14 bits per heavy atom. The molecule has 2 heteroatoms. The molecule has 1 rings (SSSR count). The first-order chi connectivity index (χ1) is 10.8. The highest BCUT2D eigenvalue weighted by Crippen LogP contribution is 2.14. The summed E-state index contributed by atoms with van der Waals surface area (Å²) in [6.07, 6.45) is 16.7. The maximum Gasteiger partial charge on any atom is 0.115 e. The second-order valence-electron chi connectivity index (χ2n) is 6.36. The molecule has 2 nitrogen and oxygen atoms in total. The second kappa shape index (κ2) is 13.5. The Kier molecular flexibility index (Phi) is 11.6. The Balaban J connectivity index is 1.79. The highest BCUT2D eigenvalue weighted by molar-refractivity contribution is 5.45. The van der Waals surface area contributed by atoms with Crippen molar-refractivity contribution in [2.45, 2.75) is 84.0 Å². The summed E-state index contributed by atoms with van der Waals surface area (Å²) in [6.45, 7) is 3.31.